The van der Waals surface area contributed by atoms with Crippen LogP contribution < -0.4 is 0 Å². The molecule has 0 bridgehead atoms. The van der Waals surface area contributed by atoms with Gasteiger partial charge in [0.05, 0.1) is 0 Å². The van der Waals surface area contributed by atoms with E-state index in [4.69, 9.17) is 5.11 Å². The van der Waals surface area contributed by atoms with Crippen molar-refractivity contribution in [3.63, 3.8) is 0 Å². The molecular formula is C12H19F2NO3. The van der Waals surface area contributed by atoms with Crippen LogP contribution in [0.3, 0.4) is 0 Å². The van der Waals surface area contributed by atoms with Crippen molar-refractivity contribution < 1.29 is 23.5 Å². The standard InChI is InChI=1S/C12H19F2NO3/c1-11(2,10(17)18)9(16)15-6-4-8(5-7-15)12(3,13)14/h8H,4-7H2,1-3H3,(H,17,18). The van der Waals surface area contributed by atoms with Crippen LogP contribution in [0.2, 0.25) is 0 Å². The number of hydrogen-bond donors (Lipinski definition) is 1. The van der Waals surface area contributed by atoms with Gasteiger partial charge in [-0.2, -0.15) is 0 Å². The third-order valence-electron chi connectivity index (χ3n) is 3.57. The van der Waals surface area contributed by atoms with E-state index in [2.05, 4.69) is 0 Å². The Morgan fingerprint density at radius 1 is 1.17 bits per heavy atom. The fourth-order valence-corrected chi connectivity index (χ4v) is 2.08. The molecule has 1 aliphatic heterocycles. The van der Waals surface area contributed by atoms with Crippen molar-refractivity contribution in [2.75, 3.05) is 13.1 Å². The zero-order valence-corrected chi connectivity index (χ0v) is 10.9. The van der Waals surface area contributed by atoms with Gasteiger partial charge in [0.15, 0.2) is 0 Å². The number of amides is 1. The monoisotopic (exact) mass is 263 g/mol. The molecular weight excluding hydrogens is 244 g/mol. The van der Waals surface area contributed by atoms with Crippen molar-refractivity contribution >= 4 is 11.9 Å². The van der Waals surface area contributed by atoms with E-state index in [0.29, 0.717) is 0 Å². The SMILES string of the molecule is CC(C)(C(=O)O)C(=O)N1CCC(C(C)(F)F)CC1. The van der Waals surface area contributed by atoms with Crippen LogP contribution in [0.5, 0.6) is 0 Å². The highest BCUT2D eigenvalue weighted by Crippen LogP contribution is 2.33. The Morgan fingerprint density at radius 3 is 1.94 bits per heavy atom. The number of likely N-dealkylation sites (tertiary alicyclic amines) is 1. The van der Waals surface area contributed by atoms with E-state index in [1.54, 1.807) is 0 Å². The van der Waals surface area contributed by atoms with Gasteiger partial charge in [-0.3, -0.25) is 9.59 Å². The minimum absolute atomic E-state index is 0.198. The lowest BCUT2D eigenvalue weighted by atomic mass is 9.87. The van der Waals surface area contributed by atoms with Gasteiger partial charge in [0, 0.05) is 19.0 Å². The molecule has 1 amide bonds. The number of carbonyl (C=O) groups excluding carboxylic acids is 1. The van der Waals surface area contributed by atoms with Gasteiger partial charge in [-0.1, -0.05) is 0 Å². The molecule has 0 atom stereocenters. The van der Waals surface area contributed by atoms with E-state index in [1.807, 2.05) is 0 Å². The Balaban J connectivity index is 2.64. The van der Waals surface area contributed by atoms with Gasteiger partial charge < -0.3 is 10.0 Å². The van der Waals surface area contributed by atoms with E-state index >= 15 is 0 Å². The van der Waals surface area contributed by atoms with Crippen LogP contribution in [0.1, 0.15) is 33.6 Å². The average Bonchev–Trinajstić information content (AvgIpc) is 2.26. The summed E-state index contributed by atoms with van der Waals surface area (Å²) < 4.78 is 26.2. The summed E-state index contributed by atoms with van der Waals surface area (Å²) in [5, 5.41) is 8.96. The molecule has 0 aliphatic carbocycles. The molecule has 1 rings (SSSR count). The largest absolute Gasteiger partial charge is 0.480 e. The predicted molar refractivity (Wildman–Crippen MR) is 61.3 cm³/mol. The van der Waals surface area contributed by atoms with Crippen molar-refractivity contribution in [1.29, 1.82) is 0 Å². The van der Waals surface area contributed by atoms with Crippen LogP contribution in [-0.2, 0) is 9.59 Å². The van der Waals surface area contributed by atoms with E-state index in [1.165, 1.54) is 18.7 Å². The summed E-state index contributed by atoms with van der Waals surface area (Å²) in [6, 6.07) is 0. The summed E-state index contributed by atoms with van der Waals surface area (Å²) >= 11 is 0. The Kier molecular flexibility index (Phi) is 3.98. The van der Waals surface area contributed by atoms with Crippen molar-refractivity contribution in [3.8, 4) is 0 Å². The number of rotatable bonds is 3. The molecule has 0 aromatic carbocycles. The number of hydrogen-bond acceptors (Lipinski definition) is 2. The number of piperidine rings is 1. The highest BCUT2D eigenvalue weighted by atomic mass is 19.3. The third kappa shape index (κ3) is 2.97. The number of nitrogens with zero attached hydrogens (tertiary/aromatic N) is 1. The minimum Gasteiger partial charge on any atom is -0.480 e. The first-order valence-corrected chi connectivity index (χ1v) is 5.97. The average molecular weight is 263 g/mol. The first-order valence-electron chi connectivity index (χ1n) is 5.97. The molecule has 18 heavy (non-hydrogen) atoms. The van der Waals surface area contributed by atoms with Crippen molar-refractivity contribution in [2.24, 2.45) is 11.3 Å². The van der Waals surface area contributed by atoms with Crippen LogP contribution in [0.25, 0.3) is 0 Å². The second-order valence-corrected chi connectivity index (χ2v) is 5.45. The molecule has 0 aromatic rings. The maximum Gasteiger partial charge on any atom is 0.318 e. The fraction of sp³-hybridized carbons (Fsp3) is 0.833. The van der Waals surface area contributed by atoms with Gasteiger partial charge in [-0.25, -0.2) is 8.78 Å². The first kappa shape index (κ1) is 14.9. The molecule has 0 spiro atoms. The van der Waals surface area contributed by atoms with Gasteiger partial charge >= 0.3 is 5.97 Å². The molecule has 1 fully saturated rings. The topological polar surface area (TPSA) is 57.6 Å². The molecule has 104 valence electrons. The lowest BCUT2D eigenvalue weighted by Gasteiger charge is -2.37. The van der Waals surface area contributed by atoms with Gasteiger partial charge in [0.1, 0.15) is 5.41 Å². The Labute approximate surface area is 105 Å². The second kappa shape index (κ2) is 4.82. The smallest absolute Gasteiger partial charge is 0.318 e. The van der Waals surface area contributed by atoms with Gasteiger partial charge in [-0.05, 0) is 33.6 Å². The fourth-order valence-electron chi connectivity index (χ4n) is 2.08. The summed E-state index contributed by atoms with van der Waals surface area (Å²) in [6.07, 6.45) is 0.426. The van der Waals surface area contributed by atoms with Crippen LogP contribution >= 0.6 is 0 Å². The predicted octanol–water partition coefficient (Wildman–Crippen LogP) is 1.99. The van der Waals surface area contributed by atoms with E-state index in [0.717, 1.165) is 6.92 Å². The lowest BCUT2D eigenvalue weighted by Crippen LogP contribution is -2.49. The number of alkyl halides is 2. The Morgan fingerprint density at radius 2 is 1.61 bits per heavy atom. The molecule has 1 heterocycles. The zero-order chi connectivity index (χ0) is 14.1. The normalized spacial score (nSPS) is 18.8. The number of aliphatic carboxylic acids is 1. The second-order valence-electron chi connectivity index (χ2n) is 5.45. The molecule has 1 saturated heterocycles. The Hall–Kier alpha value is -1.20. The summed E-state index contributed by atoms with van der Waals surface area (Å²) in [6.45, 7) is 3.94. The van der Waals surface area contributed by atoms with Crippen molar-refractivity contribution in [2.45, 2.75) is 39.5 Å². The van der Waals surface area contributed by atoms with E-state index in [-0.39, 0.29) is 25.9 Å². The molecule has 0 aromatic heterocycles. The van der Waals surface area contributed by atoms with Crippen molar-refractivity contribution in [1.82, 2.24) is 4.90 Å². The van der Waals surface area contributed by atoms with E-state index < -0.39 is 29.1 Å². The zero-order valence-electron chi connectivity index (χ0n) is 10.9. The van der Waals surface area contributed by atoms with Crippen LogP contribution in [0.15, 0.2) is 0 Å². The van der Waals surface area contributed by atoms with Gasteiger partial charge in [-0.15, -0.1) is 0 Å². The maximum absolute atomic E-state index is 13.1. The quantitative estimate of drug-likeness (QED) is 0.792. The van der Waals surface area contributed by atoms with Gasteiger partial charge in [0.25, 0.3) is 0 Å². The number of carboxylic acids is 1. The molecule has 4 nitrogen and oxygen atoms in total. The number of carbonyl (C=O) groups is 2. The summed E-state index contributed by atoms with van der Waals surface area (Å²) in [5.41, 5.74) is -1.50. The first-order chi connectivity index (χ1) is 8.06. The summed E-state index contributed by atoms with van der Waals surface area (Å²) in [7, 11) is 0. The summed E-state index contributed by atoms with van der Waals surface area (Å²) in [5.74, 6) is -5.17. The molecule has 0 unspecified atom stereocenters. The molecule has 1 N–H and O–H groups in total. The number of halogens is 2. The van der Waals surface area contributed by atoms with Crippen LogP contribution in [-0.4, -0.2) is 40.9 Å². The maximum atomic E-state index is 13.1. The van der Waals surface area contributed by atoms with E-state index in [9.17, 15) is 18.4 Å². The molecule has 0 saturated carbocycles. The summed E-state index contributed by atoms with van der Waals surface area (Å²) in [4.78, 5) is 24.3. The highest BCUT2D eigenvalue weighted by molar-refractivity contribution is 6.01. The Bertz CT molecular complexity index is 342. The minimum atomic E-state index is -2.74. The van der Waals surface area contributed by atoms with Crippen molar-refractivity contribution in [3.05, 3.63) is 0 Å². The highest BCUT2D eigenvalue weighted by Gasteiger charge is 2.43. The molecule has 6 heteroatoms. The number of carboxylic acid groups (broad SMARTS) is 1. The van der Waals surface area contributed by atoms with Crippen LogP contribution in [0.4, 0.5) is 8.78 Å². The van der Waals surface area contributed by atoms with Crippen LogP contribution in [0, 0.1) is 11.3 Å². The van der Waals surface area contributed by atoms with Gasteiger partial charge in [0.2, 0.25) is 11.8 Å². The molecule has 1 aliphatic rings. The lowest BCUT2D eigenvalue weighted by molar-refractivity contribution is -0.160. The molecule has 0 radical (unpaired) electrons. The third-order valence-corrected chi connectivity index (χ3v) is 3.57.